The number of amides is 1. The molecule has 0 aliphatic carbocycles. The van der Waals surface area contributed by atoms with Crippen LogP contribution in [0.15, 0.2) is 48.5 Å². The molecule has 0 fully saturated rings. The van der Waals surface area contributed by atoms with Gasteiger partial charge in [0.2, 0.25) is 5.91 Å². The maximum atomic E-state index is 12.5. The molecule has 0 radical (unpaired) electrons. The molecule has 0 spiro atoms. The average molecular weight is 347 g/mol. The third-order valence-corrected chi connectivity index (χ3v) is 4.17. The van der Waals surface area contributed by atoms with Crippen LogP contribution < -0.4 is 5.32 Å². The molecule has 0 aliphatic heterocycles. The van der Waals surface area contributed by atoms with Crippen molar-refractivity contribution in [3.05, 3.63) is 54.4 Å². The summed E-state index contributed by atoms with van der Waals surface area (Å²) in [5.41, 5.74) is 3.35. The molecule has 2 aromatic carbocycles. The van der Waals surface area contributed by atoms with Crippen molar-refractivity contribution in [2.45, 2.75) is 13.5 Å². The third kappa shape index (κ3) is 2.92. The highest BCUT2D eigenvalue weighted by Crippen LogP contribution is 2.20. The van der Waals surface area contributed by atoms with E-state index in [1.807, 2.05) is 60.0 Å². The number of anilines is 1. The van der Waals surface area contributed by atoms with Gasteiger partial charge in [0, 0.05) is 18.3 Å². The topological polar surface area (TPSA) is 90.5 Å². The van der Waals surface area contributed by atoms with E-state index in [2.05, 4.69) is 25.8 Å². The van der Waals surface area contributed by atoms with Crippen molar-refractivity contribution in [1.29, 1.82) is 0 Å². The van der Waals surface area contributed by atoms with Crippen molar-refractivity contribution in [3.63, 3.8) is 0 Å². The number of nitrogens with zero attached hydrogens (tertiary/aromatic N) is 6. The van der Waals surface area contributed by atoms with Crippen molar-refractivity contribution in [3.8, 4) is 11.4 Å². The minimum Gasteiger partial charge on any atom is -0.325 e. The van der Waals surface area contributed by atoms with E-state index >= 15 is 0 Å². The van der Waals surface area contributed by atoms with Crippen LogP contribution in [0, 0.1) is 6.92 Å². The molecule has 8 heteroatoms. The van der Waals surface area contributed by atoms with E-state index in [0.29, 0.717) is 11.5 Å². The van der Waals surface area contributed by atoms with Crippen molar-refractivity contribution in [1.82, 2.24) is 29.8 Å². The lowest BCUT2D eigenvalue weighted by molar-refractivity contribution is -0.116. The first-order valence-electron chi connectivity index (χ1n) is 8.16. The van der Waals surface area contributed by atoms with Crippen LogP contribution in [0.25, 0.3) is 22.4 Å². The average Bonchev–Trinajstić information content (AvgIpc) is 3.19. The summed E-state index contributed by atoms with van der Waals surface area (Å²) in [4.78, 5) is 17.0. The van der Waals surface area contributed by atoms with Gasteiger partial charge >= 0.3 is 0 Å². The number of benzene rings is 2. The third-order valence-electron chi connectivity index (χ3n) is 4.17. The fraction of sp³-hybridized carbons (Fsp3) is 0.167. The molecule has 0 atom stereocenters. The van der Waals surface area contributed by atoms with Gasteiger partial charge in [-0.15, -0.1) is 5.10 Å². The lowest BCUT2D eigenvalue weighted by Gasteiger charge is -2.09. The summed E-state index contributed by atoms with van der Waals surface area (Å²) in [7, 11) is 1.77. The quantitative estimate of drug-likeness (QED) is 0.611. The Labute approximate surface area is 149 Å². The molecule has 0 aliphatic rings. The highest BCUT2D eigenvalue weighted by atomic mass is 16.1. The van der Waals surface area contributed by atoms with Gasteiger partial charge in [-0.3, -0.25) is 4.79 Å². The molecule has 0 saturated heterocycles. The molecule has 0 saturated carbocycles. The van der Waals surface area contributed by atoms with Gasteiger partial charge in [0.1, 0.15) is 12.4 Å². The Bertz CT molecular complexity index is 1100. The Hall–Kier alpha value is -3.55. The predicted molar refractivity (Wildman–Crippen MR) is 97.3 cm³/mol. The zero-order chi connectivity index (χ0) is 18.1. The van der Waals surface area contributed by atoms with Crippen LogP contribution in [0.5, 0.6) is 0 Å². The van der Waals surface area contributed by atoms with Gasteiger partial charge in [-0.05, 0) is 41.6 Å². The number of rotatable bonds is 4. The standard InChI is InChI=1S/C18H17N7O/c1-12-19-15-8-3-4-9-16(15)25(12)11-17(26)20-14-7-5-6-13(10-14)18-21-22-23-24(18)2/h3-10H,11H2,1-2H3,(H,20,26). The number of aryl methyl sites for hydroxylation is 2. The van der Waals surface area contributed by atoms with Gasteiger partial charge in [0.15, 0.2) is 5.82 Å². The molecule has 130 valence electrons. The van der Waals surface area contributed by atoms with Crippen LogP contribution in [0.3, 0.4) is 0 Å². The van der Waals surface area contributed by atoms with Gasteiger partial charge < -0.3 is 9.88 Å². The molecule has 2 aromatic heterocycles. The van der Waals surface area contributed by atoms with E-state index in [1.54, 1.807) is 11.7 Å². The Morgan fingerprint density at radius 2 is 2.00 bits per heavy atom. The van der Waals surface area contributed by atoms with E-state index in [1.165, 1.54) is 0 Å². The van der Waals surface area contributed by atoms with E-state index in [0.717, 1.165) is 22.4 Å². The highest BCUT2D eigenvalue weighted by Gasteiger charge is 2.12. The number of nitrogens with one attached hydrogen (secondary N) is 1. The molecular formula is C18H17N7O. The molecule has 1 amide bonds. The first kappa shape index (κ1) is 15.9. The van der Waals surface area contributed by atoms with Crippen molar-refractivity contribution in [2.75, 3.05) is 5.32 Å². The zero-order valence-corrected chi connectivity index (χ0v) is 14.4. The molecule has 4 rings (SSSR count). The van der Waals surface area contributed by atoms with Gasteiger partial charge in [0.25, 0.3) is 0 Å². The van der Waals surface area contributed by atoms with Crippen LogP contribution in [0.2, 0.25) is 0 Å². The van der Waals surface area contributed by atoms with Gasteiger partial charge in [-0.25, -0.2) is 9.67 Å². The van der Waals surface area contributed by atoms with E-state index < -0.39 is 0 Å². The van der Waals surface area contributed by atoms with Crippen molar-refractivity contribution >= 4 is 22.6 Å². The number of carbonyl (C=O) groups excluding carboxylic acids is 1. The van der Waals surface area contributed by atoms with Crippen LogP contribution >= 0.6 is 0 Å². The van der Waals surface area contributed by atoms with E-state index in [-0.39, 0.29) is 12.5 Å². The molecule has 0 unspecified atom stereocenters. The minimum absolute atomic E-state index is 0.121. The van der Waals surface area contributed by atoms with E-state index in [9.17, 15) is 4.79 Å². The monoisotopic (exact) mass is 347 g/mol. The Kier molecular flexibility index (Phi) is 3.92. The maximum absolute atomic E-state index is 12.5. The largest absolute Gasteiger partial charge is 0.325 e. The van der Waals surface area contributed by atoms with Crippen LogP contribution in [-0.2, 0) is 18.4 Å². The molecule has 1 N–H and O–H groups in total. The van der Waals surface area contributed by atoms with Gasteiger partial charge in [-0.2, -0.15) is 0 Å². The summed E-state index contributed by atoms with van der Waals surface area (Å²) in [5.74, 6) is 1.32. The molecule has 4 aromatic rings. The second kappa shape index (κ2) is 6.40. The summed E-state index contributed by atoms with van der Waals surface area (Å²) < 4.78 is 3.49. The van der Waals surface area contributed by atoms with Crippen LogP contribution in [0.4, 0.5) is 5.69 Å². The number of fused-ring (bicyclic) bond motifs is 1. The fourth-order valence-electron chi connectivity index (χ4n) is 2.95. The molecular weight excluding hydrogens is 330 g/mol. The van der Waals surface area contributed by atoms with Gasteiger partial charge in [0.05, 0.1) is 11.0 Å². The minimum atomic E-state index is -0.121. The molecule has 0 bridgehead atoms. The lowest BCUT2D eigenvalue weighted by atomic mass is 10.2. The number of carbonyl (C=O) groups is 1. The highest BCUT2D eigenvalue weighted by molar-refractivity contribution is 5.92. The van der Waals surface area contributed by atoms with Crippen LogP contribution in [-0.4, -0.2) is 35.7 Å². The smallest absolute Gasteiger partial charge is 0.244 e. The van der Waals surface area contributed by atoms with Gasteiger partial charge in [-0.1, -0.05) is 24.3 Å². The number of hydrogen-bond donors (Lipinski definition) is 1. The Morgan fingerprint density at radius 1 is 1.15 bits per heavy atom. The van der Waals surface area contributed by atoms with E-state index in [4.69, 9.17) is 0 Å². The summed E-state index contributed by atoms with van der Waals surface area (Å²) in [6.45, 7) is 2.09. The molecule has 2 heterocycles. The maximum Gasteiger partial charge on any atom is 0.244 e. The number of imidazole rings is 1. The normalized spacial score (nSPS) is 11.0. The zero-order valence-electron chi connectivity index (χ0n) is 14.4. The summed E-state index contributed by atoms with van der Waals surface area (Å²) >= 11 is 0. The summed E-state index contributed by atoms with van der Waals surface area (Å²) in [5, 5.41) is 14.4. The SMILES string of the molecule is Cc1nc2ccccc2n1CC(=O)Nc1cccc(-c2nnnn2C)c1. The van der Waals surface area contributed by atoms with Crippen molar-refractivity contribution in [2.24, 2.45) is 7.05 Å². The first-order chi connectivity index (χ1) is 12.6. The summed E-state index contributed by atoms with van der Waals surface area (Å²) in [6.07, 6.45) is 0. The number of para-hydroxylation sites is 2. The number of aromatic nitrogens is 6. The van der Waals surface area contributed by atoms with Crippen LogP contribution in [0.1, 0.15) is 5.82 Å². The van der Waals surface area contributed by atoms with Crippen molar-refractivity contribution < 1.29 is 4.79 Å². The first-order valence-corrected chi connectivity index (χ1v) is 8.16. The number of tetrazole rings is 1. The second-order valence-corrected chi connectivity index (χ2v) is 5.99. The second-order valence-electron chi connectivity index (χ2n) is 5.99. The predicted octanol–water partition coefficient (Wildman–Crippen LogP) is 2.17. The Morgan fingerprint density at radius 3 is 2.81 bits per heavy atom. The lowest BCUT2D eigenvalue weighted by Crippen LogP contribution is -2.19. The number of hydrogen-bond acceptors (Lipinski definition) is 5. The summed E-state index contributed by atoms with van der Waals surface area (Å²) in [6, 6.07) is 15.2. The molecule has 26 heavy (non-hydrogen) atoms. The molecule has 8 nitrogen and oxygen atoms in total. The Balaban J connectivity index is 1.55. The fourth-order valence-corrected chi connectivity index (χ4v) is 2.95.